The van der Waals surface area contributed by atoms with Gasteiger partial charge in [-0.25, -0.2) is 8.78 Å². The minimum absolute atomic E-state index is 0.121. The van der Waals surface area contributed by atoms with Gasteiger partial charge in [-0.3, -0.25) is 10.1 Å². The van der Waals surface area contributed by atoms with Crippen LogP contribution in [0.5, 0.6) is 0 Å². The Bertz CT molecular complexity index is 476. The maximum atomic E-state index is 13.6. The third kappa shape index (κ3) is 3.17. The van der Waals surface area contributed by atoms with Gasteiger partial charge in [0.1, 0.15) is 0 Å². The fourth-order valence-electron chi connectivity index (χ4n) is 2.18. The second kappa shape index (κ2) is 5.92. The number of rotatable bonds is 4. The quantitative estimate of drug-likeness (QED) is 0.652. The number of nitro benzene ring substituents is 1. The molecule has 1 unspecified atom stereocenters. The largest absolute Gasteiger partial charge is 0.375 e. The predicted molar refractivity (Wildman–Crippen MR) is 67.1 cm³/mol. The SMILES string of the molecule is O=[N+]([O-])c1ccc(F)c(F)c1NCC1CCCCN1. The Hall–Kier alpha value is -1.76. The summed E-state index contributed by atoms with van der Waals surface area (Å²) in [6.45, 7) is 1.21. The molecule has 0 aromatic heterocycles. The van der Waals surface area contributed by atoms with Crippen LogP contribution in [-0.2, 0) is 0 Å². The molecule has 0 spiro atoms. The molecule has 1 fully saturated rings. The topological polar surface area (TPSA) is 67.2 Å². The van der Waals surface area contributed by atoms with Gasteiger partial charge in [0.05, 0.1) is 4.92 Å². The average Bonchev–Trinajstić information content (AvgIpc) is 2.41. The lowest BCUT2D eigenvalue weighted by Gasteiger charge is -2.24. The van der Waals surface area contributed by atoms with E-state index in [1.807, 2.05) is 0 Å². The van der Waals surface area contributed by atoms with Gasteiger partial charge in [-0.05, 0) is 25.5 Å². The summed E-state index contributed by atoms with van der Waals surface area (Å²) >= 11 is 0. The zero-order chi connectivity index (χ0) is 13.8. The predicted octanol–water partition coefficient (Wildman–Crippen LogP) is 2.43. The van der Waals surface area contributed by atoms with Crippen molar-refractivity contribution >= 4 is 11.4 Å². The van der Waals surface area contributed by atoms with Crippen LogP contribution in [0.15, 0.2) is 12.1 Å². The van der Waals surface area contributed by atoms with Crippen LogP contribution in [0.25, 0.3) is 0 Å². The number of piperidine rings is 1. The molecule has 1 saturated heterocycles. The maximum Gasteiger partial charge on any atom is 0.295 e. The highest BCUT2D eigenvalue weighted by atomic mass is 19.2. The molecule has 0 amide bonds. The third-order valence-electron chi connectivity index (χ3n) is 3.21. The molecule has 1 aromatic carbocycles. The van der Waals surface area contributed by atoms with Crippen LogP contribution in [0.1, 0.15) is 19.3 Å². The van der Waals surface area contributed by atoms with Gasteiger partial charge in [0.15, 0.2) is 17.3 Å². The lowest BCUT2D eigenvalue weighted by molar-refractivity contribution is -0.384. The van der Waals surface area contributed by atoms with Crippen molar-refractivity contribution in [1.82, 2.24) is 5.32 Å². The van der Waals surface area contributed by atoms with E-state index >= 15 is 0 Å². The number of anilines is 1. The van der Waals surface area contributed by atoms with Crippen molar-refractivity contribution < 1.29 is 13.7 Å². The highest BCUT2D eigenvalue weighted by Gasteiger charge is 2.22. The summed E-state index contributed by atoms with van der Waals surface area (Å²) in [5.74, 6) is -2.30. The van der Waals surface area contributed by atoms with Crippen molar-refractivity contribution in [1.29, 1.82) is 0 Å². The Kier molecular flexibility index (Phi) is 4.26. The number of nitrogens with one attached hydrogen (secondary N) is 2. The van der Waals surface area contributed by atoms with Crippen LogP contribution in [0.4, 0.5) is 20.2 Å². The van der Waals surface area contributed by atoms with Crippen molar-refractivity contribution in [3.05, 3.63) is 33.9 Å². The van der Waals surface area contributed by atoms with E-state index in [0.29, 0.717) is 6.54 Å². The Labute approximate surface area is 109 Å². The molecular weight excluding hydrogens is 256 g/mol. The Morgan fingerprint density at radius 3 is 2.84 bits per heavy atom. The molecular formula is C12H15F2N3O2. The van der Waals surface area contributed by atoms with Crippen LogP contribution in [0.3, 0.4) is 0 Å². The van der Waals surface area contributed by atoms with Gasteiger partial charge in [0.2, 0.25) is 0 Å². The van der Waals surface area contributed by atoms with Gasteiger partial charge < -0.3 is 10.6 Å². The van der Waals surface area contributed by atoms with Crippen molar-refractivity contribution in [2.45, 2.75) is 25.3 Å². The first-order valence-electron chi connectivity index (χ1n) is 6.19. The Morgan fingerprint density at radius 1 is 1.42 bits per heavy atom. The van der Waals surface area contributed by atoms with Gasteiger partial charge in [-0.2, -0.15) is 0 Å². The van der Waals surface area contributed by atoms with Crippen LogP contribution >= 0.6 is 0 Å². The first kappa shape index (κ1) is 13.7. The smallest absolute Gasteiger partial charge is 0.295 e. The first-order chi connectivity index (χ1) is 9.09. The summed E-state index contributed by atoms with van der Waals surface area (Å²) in [4.78, 5) is 10.1. The van der Waals surface area contributed by atoms with Gasteiger partial charge in [0, 0.05) is 18.7 Å². The van der Waals surface area contributed by atoms with Gasteiger partial charge >= 0.3 is 0 Å². The lowest BCUT2D eigenvalue weighted by atomic mass is 10.0. The summed E-state index contributed by atoms with van der Waals surface area (Å²) in [7, 11) is 0. The highest BCUT2D eigenvalue weighted by Crippen LogP contribution is 2.29. The lowest BCUT2D eigenvalue weighted by Crippen LogP contribution is -2.39. The van der Waals surface area contributed by atoms with E-state index in [0.717, 1.165) is 37.9 Å². The number of benzene rings is 1. The first-order valence-corrected chi connectivity index (χ1v) is 6.19. The molecule has 7 heteroatoms. The van der Waals surface area contributed by atoms with E-state index in [2.05, 4.69) is 10.6 Å². The zero-order valence-electron chi connectivity index (χ0n) is 10.3. The molecule has 1 aromatic rings. The van der Waals surface area contributed by atoms with E-state index < -0.39 is 22.2 Å². The van der Waals surface area contributed by atoms with Crippen molar-refractivity contribution in [3.63, 3.8) is 0 Å². The molecule has 1 aliphatic rings. The summed E-state index contributed by atoms with van der Waals surface area (Å²) in [6.07, 6.45) is 3.07. The Balaban J connectivity index is 2.13. The zero-order valence-corrected chi connectivity index (χ0v) is 10.3. The molecule has 1 heterocycles. The number of nitrogens with zero attached hydrogens (tertiary/aromatic N) is 1. The van der Waals surface area contributed by atoms with Crippen LogP contribution in [-0.4, -0.2) is 24.1 Å². The minimum atomic E-state index is -1.20. The standard InChI is InChI=1S/C12H15F2N3O2/c13-9-4-5-10(17(18)19)12(11(9)14)16-7-8-3-1-2-6-15-8/h4-5,8,15-16H,1-3,6-7H2. The van der Waals surface area contributed by atoms with Crippen LogP contribution in [0, 0.1) is 21.7 Å². The van der Waals surface area contributed by atoms with E-state index in [1.165, 1.54) is 0 Å². The van der Waals surface area contributed by atoms with Crippen molar-refractivity contribution in [2.75, 3.05) is 18.4 Å². The van der Waals surface area contributed by atoms with Gasteiger partial charge in [-0.15, -0.1) is 0 Å². The Morgan fingerprint density at radius 2 is 2.21 bits per heavy atom. The second-order valence-electron chi connectivity index (χ2n) is 4.54. The fourth-order valence-corrected chi connectivity index (χ4v) is 2.18. The van der Waals surface area contributed by atoms with E-state index in [4.69, 9.17) is 0 Å². The summed E-state index contributed by atoms with van der Waals surface area (Å²) in [5.41, 5.74) is -0.827. The monoisotopic (exact) mass is 271 g/mol. The van der Waals surface area contributed by atoms with E-state index in [1.54, 1.807) is 0 Å². The molecule has 0 aliphatic carbocycles. The molecule has 2 rings (SSSR count). The summed E-state index contributed by atoms with van der Waals surface area (Å²) < 4.78 is 26.7. The molecule has 0 bridgehead atoms. The van der Waals surface area contributed by atoms with E-state index in [9.17, 15) is 18.9 Å². The van der Waals surface area contributed by atoms with Crippen molar-refractivity contribution in [3.8, 4) is 0 Å². The molecule has 2 N–H and O–H groups in total. The molecule has 104 valence electrons. The molecule has 0 radical (unpaired) electrons. The average molecular weight is 271 g/mol. The number of nitro groups is 1. The molecule has 1 aliphatic heterocycles. The van der Waals surface area contributed by atoms with E-state index in [-0.39, 0.29) is 11.7 Å². The fraction of sp³-hybridized carbons (Fsp3) is 0.500. The second-order valence-corrected chi connectivity index (χ2v) is 4.54. The minimum Gasteiger partial charge on any atom is -0.375 e. The number of hydrogen-bond donors (Lipinski definition) is 2. The van der Waals surface area contributed by atoms with Gasteiger partial charge in [-0.1, -0.05) is 6.42 Å². The number of hydrogen-bond acceptors (Lipinski definition) is 4. The third-order valence-corrected chi connectivity index (χ3v) is 3.21. The molecule has 1 atom stereocenters. The maximum absolute atomic E-state index is 13.6. The molecule has 19 heavy (non-hydrogen) atoms. The number of halogens is 2. The molecule has 0 saturated carbocycles. The highest BCUT2D eigenvalue weighted by molar-refractivity contribution is 5.62. The molecule has 5 nitrogen and oxygen atoms in total. The van der Waals surface area contributed by atoms with Crippen LogP contribution < -0.4 is 10.6 Å². The van der Waals surface area contributed by atoms with Gasteiger partial charge in [0.25, 0.3) is 5.69 Å². The van der Waals surface area contributed by atoms with Crippen molar-refractivity contribution in [2.24, 2.45) is 0 Å². The normalized spacial score (nSPS) is 19.2. The summed E-state index contributed by atoms with van der Waals surface area (Å²) in [6, 6.07) is 1.85. The summed E-state index contributed by atoms with van der Waals surface area (Å²) in [5, 5.41) is 16.7. The van der Waals surface area contributed by atoms with Crippen LogP contribution in [0.2, 0.25) is 0 Å².